The van der Waals surface area contributed by atoms with Crippen LogP contribution in [0.1, 0.15) is 36.0 Å². The number of nitrogens with zero attached hydrogens (tertiary/aromatic N) is 2. The van der Waals surface area contributed by atoms with Gasteiger partial charge in [-0.25, -0.2) is 0 Å². The van der Waals surface area contributed by atoms with E-state index in [1.54, 1.807) is 11.8 Å². The van der Waals surface area contributed by atoms with E-state index in [1.807, 2.05) is 0 Å². The van der Waals surface area contributed by atoms with Crippen LogP contribution in [0.4, 0.5) is 0 Å². The summed E-state index contributed by atoms with van der Waals surface area (Å²) < 4.78 is 5.24. The average molecular weight is 276 g/mol. The van der Waals surface area contributed by atoms with Crippen molar-refractivity contribution in [3.63, 3.8) is 0 Å². The summed E-state index contributed by atoms with van der Waals surface area (Å²) in [5.74, 6) is 2.36. The van der Waals surface area contributed by atoms with Crippen LogP contribution in [-0.4, -0.2) is 21.4 Å². The molecule has 1 saturated carbocycles. The van der Waals surface area contributed by atoms with Crippen molar-refractivity contribution in [2.24, 2.45) is 0 Å². The first kappa shape index (κ1) is 12.7. The quantitative estimate of drug-likeness (QED) is 0.870. The van der Waals surface area contributed by atoms with Gasteiger partial charge in [-0.2, -0.15) is 4.98 Å². The second-order valence-electron chi connectivity index (χ2n) is 4.97. The molecule has 1 N–H and O–H groups in total. The van der Waals surface area contributed by atoms with Crippen molar-refractivity contribution in [3.05, 3.63) is 41.5 Å². The molecule has 4 nitrogen and oxygen atoms in total. The molecule has 0 bridgehead atoms. The molecule has 100 valence electrons. The largest absolute Gasteiger partial charge is 0.393 e. The second kappa shape index (κ2) is 5.35. The zero-order valence-corrected chi connectivity index (χ0v) is 11.6. The lowest BCUT2D eigenvalue weighted by atomic mass is 9.82. The predicted octanol–water partition coefficient (Wildman–Crippen LogP) is 2.91. The summed E-state index contributed by atoms with van der Waals surface area (Å²) in [7, 11) is 0. The molecule has 1 aliphatic carbocycles. The topological polar surface area (TPSA) is 59.2 Å². The van der Waals surface area contributed by atoms with Crippen LogP contribution >= 0.6 is 11.8 Å². The van der Waals surface area contributed by atoms with E-state index >= 15 is 0 Å². The number of aromatic nitrogens is 2. The van der Waals surface area contributed by atoms with Gasteiger partial charge in [-0.3, -0.25) is 0 Å². The van der Waals surface area contributed by atoms with Gasteiger partial charge in [-0.15, -0.1) is 11.8 Å². The van der Waals surface area contributed by atoms with E-state index in [0.29, 0.717) is 11.6 Å². The van der Waals surface area contributed by atoms with Gasteiger partial charge in [0.1, 0.15) is 0 Å². The SMILES string of the molecule is Cc1ccc(SCc2noc(C3CC(O)C3)n2)cc1. The Morgan fingerprint density at radius 1 is 1.32 bits per heavy atom. The molecule has 1 fully saturated rings. The van der Waals surface area contributed by atoms with Crippen LogP contribution in [0.3, 0.4) is 0 Å². The van der Waals surface area contributed by atoms with Crippen LogP contribution in [0.2, 0.25) is 0 Å². The summed E-state index contributed by atoms with van der Waals surface area (Å²) in [6, 6.07) is 8.39. The monoisotopic (exact) mass is 276 g/mol. The molecule has 0 aliphatic heterocycles. The molecule has 1 aliphatic rings. The number of hydrogen-bond acceptors (Lipinski definition) is 5. The summed E-state index contributed by atoms with van der Waals surface area (Å²) in [6.45, 7) is 2.08. The number of aliphatic hydroxyl groups is 1. The summed E-state index contributed by atoms with van der Waals surface area (Å²) in [6.07, 6.45) is 1.29. The Balaban J connectivity index is 1.57. The Bertz CT molecular complexity index is 547. The van der Waals surface area contributed by atoms with E-state index in [4.69, 9.17) is 4.52 Å². The van der Waals surface area contributed by atoms with Crippen LogP contribution in [0.15, 0.2) is 33.7 Å². The van der Waals surface area contributed by atoms with E-state index in [2.05, 4.69) is 41.3 Å². The maximum atomic E-state index is 9.27. The lowest BCUT2D eigenvalue weighted by Gasteiger charge is -2.27. The number of thioether (sulfide) groups is 1. The van der Waals surface area contributed by atoms with Crippen LogP contribution in [0.5, 0.6) is 0 Å². The number of hydrogen-bond donors (Lipinski definition) is 1. The molecule has 3 rings (SSSR count). The van der Waals surface area contributed by atoms with E-state index < -0.39 is 0 Å². The molecule has 0 unspecified atom stereocenters. The molecule has 1 aromatic carbocycles. The lowest BCUT2D eigenvalue weighted by molar-refractivity contribution is 0.0625. The molecular weight excluding hydrogens is 260 g/mol. The molecular formula is C14H16N2O2S. The Kier molecular flexibility index (Phi) is 3.57. The van der Waals surface area contributed by atoms with Gasteiger partial charge < -0.3 is 9.63 Å². The minimum Gasteiger partial charge on any atom is -0.393 e. The van der Waals surface area contributed by atoms with Gasteiger partial charge in [-0.05, 0) is 31.9 Å². The van der Waals surface area contributed by atoms with E-state index in [0.717, 1.165) is 18.7 Å². The van der Waals surface area contributed by atoms with E-state index in [-0.39, 0.29) is 12.0 Å². The van der Waals surface area contributed by atoms with E-state index in [1.165, 1.54) is 10.5 Å². The lowest BCUT2D eigenvalue weighted by Crippen LogP contribution is -2.26. The molecule has 1 aromatic heterocycles. The van der Waals surface area contributed by atoms with Crippen molar-refractivity contribution in [2.45, 2.75) is 42.4 Å². The van der Waals surface area contributed by atoms with Crippen molar-refractivity contribution < 1.29 is 9.63 Å². The highest BCUT2D eigenvalue weighted by Gasteiger charge is 2.32. The molecule has 5 heteroatoms. The number of aliphatic hydroxyl groups excluding tert-OH is 1. The molecule has 0 radical (unpaired) electrons. The molecule has 0 spiro atoms. The average Bonchev–Trinajstić information content (AvgIpc) is 2.83. The standard InChI is InChI=1S/C14H16N2O2S/c1-9-2-4-12(5-3-9)19-8-13-15-14(18-16-13)10-6-11(17)7-10/h2-5,10-11,17H,6-8H2,1H3. The predicted molar refractivity (Wildman–Crippen MR) is 73.0 cm³/mol. The Morgan fingerprint density at radius 2 is 2.05 bits per heavy atom. The minimum absolute atomic E-state index is 0.192. The number of rotatable bonds is 4. The highest BCUT2D eigenvalue weighted by molar-refractivity contribution is 7.98. The van der Waals surface area contributed by atoms with Crippen LogP contribution in [0.25, 0.3) is 0 Å². The van der Waals surface area contributed by atoms with Crippen LogP contribution < -0.4 is 0 Å². The van der Waals surface area contributed by atoms with Gasteiger partial charge in [0.25, 0.3) is 0 Å². The summed E-state index contributed by atoms with van der Waals surface area (Å²) in [4.78, 5) is 5.59. The third-order valence-corrected chi connectivity index (χ3v) is 4.34. The second-order valence-corrected chi connectivity index (χ2v) is 6.02. The van der Waals surface area contributed by atoms with Gasteiger partial charge in [0.15, 0.2) is 5.82 Å². The molecule has 0 amide bonds. The van der Waals surface area contributed by atoms with Crippen molar-refractivity contribution in [2.75, 3.05) is 0 Å². The fourth-order valence-corrected chi connectivity index (χ4v) is 2.81. The summed E-state index contributed by atoms with van der Waals surface area (Å²) >= 11 is 1.70. The molecule has 2 aromatic rings. The summed E-state index contributed by atoms with van der Waals surface area (Å²) in [5.41, 5.74) is 1.26. The first-order valence-electron chi connectivity index (χ1n) is 6.41. The van der Waals surface area contributed by atoms with Crippen molar-refractivity contribution >= 4 is 11.8 Å². The zero-order valence-electron chi connectivity index (χ0n) is 10.7. The van der Waals surface area contributed by atoms with Gasteiger partial charge in [0, 0.05) is 10.8 Å². The van der Waals surface area contributed by atoms with Gasteiger partial charge in [-0.1, -0.05) is 22.9 Å². The third kappa shape index (κ3) is 2.98. The van der Waals surface area contributed by atoms with Crippen LogP contribution in [0, 0.1) is 6.92 Å². The molecule has 1 heterocycles. The van der Waals surface area contributed by atoms with Gasteiger partial charge >= 0.3 is 0 Å². The Morgan fingerprint density at radius 3 is 2.74 bits per heavy atom. The number of benzene rings is 1. The molecule has 0 saturated heterocycles. The highest BCUT2D eigenvalue weighted by atomic mass is 32.2. The first-order valence-corrected chi connectivity index (χ1v) is 7.39. The first-order chi connectivity index (χ1) is 9.20. The van der Waals surface area contributed by atoms with Crippen LogP contribution in [-0.2, 0) is 5.75 Å². The third-order valence-electron chi connectivity index (χ3n) is 3.34. The fourth-order valence-electron chi connectivity index (χ4n) is 2.06. The fraction of sp³-hybridized carbons (Fsp3) is 0.429. The Labute approximate surface area is 116 Å². The van der Waals surface area contributed by atoms with Crippen molar-refractivity contribution in [1.29, 1.82) is 0 Å². The normalized spacial score (nSPS) is 22.2. The van der Waals surface area contributed by atoms with Crippen molar-refractivity contribution in [3.8, 4) is 0 Å². The molecule has 19 heavy (non-hydrogen) atoms. The Hall–Kier alpha value is -1.33. The highest BCUT2D eigenvalue weighted by Crippen LogP contribution is 2.36. The zero-order chi connectivity index (χ0) is 13.2. The number of aryl methyl sites for hydroxylation is 1. The van der Waals surface area contributed by atoms with Gasteiger partial charge in [0.2, 0.25) is 5.89 Å². The maximum Gasteiger partial charge on any atom is 0.229 e. The molecule has 0 atom stereocenters. The minimum atomic E-state index is -0.192. The van der Waals surface area contributed by atoms with E-state index in [9.17, 15) is 5.11 Å². The smallest absolute Gasteiger partial charge is 0.229 e. The van der Waals surface area contributed by atoms with Gasteiger partial charge in [0.05, 0.1) is 11.9 Å². The maximum absolute atomic E-state index is 9.27. The summed E-state index contributed by atoms with van der Waals surface area (Å²) in [5, 5.41) is 13.3. The van der Waals surface area contributed by atoms with Crippen molar-refractivity contribution in [1.82, 2.24) is 10.1 Å².